The van der Waals surface area contributed by atoms with E-state index in [1.165, 1.54) is 0 Å². The van der Waals surface area contributed by atoms with Gasteiger partial charge in [-0.15, -0.1) is 0 Å². The molecule has 7 nitrogen and oxygen atoms in total. The van der Waals surface area contributed by atoms with Crippen molar-refractivity contribution in [2.75, 3.05) is 28.4 Å². The molecule has 0 saturated heterocycles. The zero-order valence-electron chi connectivity index (χ0n) is 20.9. The average Bonchev–Trinajstić information content (AvgIpc) is 3.24. The van der Waals surface area contributed by atoms with Crippen LogP contribution in [-0.4, -0.2) is 43.0 Å². The Morgan fingerprint density at radius 1 is 0.611 bits per heavy atom. The van der Waals surface area contributed by atoms with Crippen molar-refractivity contribution in [3.05, 3.63) is 73.1 Å². The number of hydrogen-bond acceptors (Lipinski definition) is 6. The maximum atomic E-state index is 5.58. The Kier molecular flexibility index (Phi) is 6.21. The van der Waals surface area contributed by atoms with Crippen molar-refractivity contribution in [1.82, 2.24) is 14.5 Å². The van der Waals surface area contributed by atoms with Crippen LogP contribution < -0.4 is 18.9 Å². The smallest absolute Gasteiger partial charge is 0.316 e. The maximum absolute atomic E-state index is 5.58. The minimum absolute atomic E-state index is 0.339. The summed E-state index contributed by atoms with van der Waals surface area (Å²) < 4.78 is 24.0. The van der Waals surface area contributed by atoms with Crippen LogP contribution in [0.2, 0.25) is 0 Å². The summed E-state index contributed by atoms with van der Waals surface area (Å²) in [6, 6.07) is 20.8. The van der Waals surface area contributed by atoms with Gasteiger partial charge in [0.1, 0.15) is 17.2 Å². The molecule has 2 heterocycles. The second kappa shape index (κ2) is 9.62. The summed E-state index contributed by atoms with van der Waals surface area (Å²) in [5.74, 6) is 2.24. The van der Waals surface area contributed by atoms with E-state index in [1.807, 2.05) is 30.3 Å². The van der Waals surface area contributed by atoms with Crippen molar-refractivity contribution in [2.45, 2.75) is 0 Å². The number of aryl methyl sites for hydroxylation is 1. The Morgan fingerprint density at radius 2 is 1.28 bits per heavy atom. The first kappa shape index (κ1) is 23.2. The van der Waals surface area contributed by atoms with Gasteiger partial charge < -0.3 is 23.5 Å². The molecule has 182 valence electrons. The lowest BCUT2D eigenvalue weighted by atomic mass is 9.96. The van der Waals surface area contributed by atoms with Crippen molar-refractivity contribution in [1.29, 1.82) is 0 Å². The highest BCUT2D eigenvalue weighted by Gasteiger charge is 2.21. The predicted molar refractivity (Wildman–Crippen MR) is 141 cm³/mol. The van der Waals surface area contributed by atoms with Crippen LogP contribution >= 0.6 is 0 Å². The molecule has 0 radical (unpaired) electrons. The predicted octanol–water partition coefficient (Wildman–Crippen LogP) is 6.00. The summed E-state index contributed by atoms with van der Waals surface area (Å²) in [6.45, 7) is 0. The van der Waals surface area contributed by atoms with Gasteiger partial charge in [-0.05, 0) is 47.5 Å². The maximum Gasteiger partial charge on any atom is 0.316 e. The van der Waals surface area contributed by atoms with Crippen LogP contribution in [0, 0.1) is 0 Å². The third-order valence-electron chi connectivity index (χ3n) is 6.33. The zero-order chi connectivity index (χ0) is 25.2. The fourth-order valence-electron chi connectivity index (χ4n) is 4.55. The summed E-state index contributed by atoms with van der Waals surface area (Å²) in [5.41, 5.74) is 7.15. The van der Waals surface area contributed by atoms with Crippen LogP contribution in [0.1, 0.15) is 0 Å². The van der Waals surface area contributed by atoms with E-state index in [0.717, 1.165) is 61.7 Å². The molecule has 0 saturated carbocycles. The Bertz CT molecular complexity index is 1520. The Labute approximate surface area is 209 Å². The molecule has 5 rings (SSSR count). The number of benzene rings is 3. The third-order valence-corrected chi connectivity index (χ3v) is 6.33. The van der Waals surface area contributed by atoms with Gasteiger partial charge in [-0.3, -0.25) is 0 Å². The second-order valence-electron chi connectivity index (χ2n) is 8.31. The molecule has 0 unspecified atom stereocenters. The Hall–Kier alpha value is -4.52. The first-order chi connectivity index (χ1) is 17.6. The van der Waals surface area contributed by atoms with Gasteiger partial charge >= 0.3 is 6.01 Å². The topological polar surface area (TPSA) is 67.6 Å². The average molecular weight is 482 g/mol. The molecule has 0 bridgehead atoms. The van der Waals surface area contributed by atoms with Gasteiger partial charge in [0.25, 0.3) is 0 Å². The fourth-order valence-corrected chi connectivity index (χ4v) is 4.55. The number of nitrogens with zero attached hydrogens (tertiary/aromatic N) is 3. The van der Waals surface area contributed by atoms with Crippen LogP contribution in [0.5, 0.6) is 23.3 Å². The molecule has 0 atom stereocenters. The monoisotopic (exact) mass is 481 g/mol. The van der Waals surface area contributed by atoms with Gasteiger partial charge in [0.2, 0.25) is 0 Å². The quantitative estimate of drug-likeness (QED) is 0.284. The lowest BCUT2D eigenvalue weighted by Crippen LogP contribution is -1.95. The largest absolute Gasteiger partial charge is 0.497 e. The van der Waals surface area contributed by atoms with E-state index in [2.05, 4.69) is 51.9 Å². The van der Waals surface area contributed by atoms with Crippen molar-refractivity contribution < 1.29 is 18.9 Å². The van der Waals surface area contributed by atoms with E-state index in [0.29, 0.717) is 6.01 Å². The van der Waals surface area contributed by atoms with Crippen LogP contribution in [0.3, 0.4) is 0 Å². The van der Waals surface area contributed by atoms with E-state index < -0.39 is 0 Å². The number of fused-ring (bicyclic) bond motifs is 1. The Balaban J connectivity index is 1.81. The highest BCUT2D eigenvalue weighted by atomic mass is 16.5. The highest BCUT2D eigenvalue weighted by molar-refractivity contribution is 6.06. The zero-order valence-corrected chi connectivity index (χ0v) is 20.9. The molecule has 7 heteroatoms. The molecule has 0 aliphatic rings. The minimum atomic E-state index is 0.339. The molecular weight excluding hydrogens is 454 g/mol. The van der Waals surface area contributed by atoms with Crippen molar-refractivity contribution in [2.24, 2.45) is 7.05 Å². The lowest BCUT2D eigenvalue weighted by Gasteiger charge is -2.13. The van der Waals surface area contributed by atoms with Gasteiger partial charge in [-0.25, -0.2) is 9.97 Å². The van der Waals surface area contributed by atoms with Crippen molar-refractivity contribution >= 4 is 10.9 Å². The third kappa shape index (κ3) is 4.09. The summed E-state index contributed by atoms with van der Waals surface area (Å²) >= 11 is 0. The van der Waals surface area contributed by atoms with Crippen LogP contribution in [0.15, 0.2) is 73.1 Å². The van der Waals surface area contributed by atoms with Gasteiger partial charge in [0.05, 0.1) is 34.1 Å². The van der Waals surface area contributed by atoms with Crippen LogP contribution in [-0.2, 0) is 7.05 Å². The highest BCUT2D eigenvalue weighted by Crippen LogP contribution is 2.44. The lowest BCUT2D eigenvalue weighted by molar-refractivity contribution is 0.380. The fraction of sp³-hybridized carbons (Fsp3) is 0.172. The molecule has 0 amide bonds. The second-order valence-corrected chi connectivity index (χ2v) is 8.31. The number of methoxy groups -OCH3 is 4. The summed E-state index contributed by atoms with van der Waals surface area (Å²) in [4.78, 5) is 8.57. The Morgan fingerprint density at radius 3 is 1.92 bits per heavy atom. The van der Waals surface area contributed by atoms with E-state index in [-0.39, 0.29) is 0 Å². The summed E-state index contributed by atoms with van der Waals surface area (Å²) in [6.07, 6.45) is 3.55. The van der Waals surface area contributed by atoms with Crippen molar-refractivity contribution in [3.63, 3.8) is 0 Å². The van der Waals surface area contributed by atoms with E-state index >= 15 is 0 Å². The first-order valence-electron chi connectivity index (χ1n) is 11.4. The standard InChI is InChI=1S/C29H27N3O4/c1-32-26-10-9-18(21-16-30-29(36-5)31-17-21)14-25(26)27(19-7-6-8-22(11-19)33-2)28(32)20-12-23(34-3)15-24(13-20)35-4/h6-17H,1-5H3. The number of rotatable bonds is 7. The van der Waals surface area contributed by atoms with E-state index in [4.69, 9.17) is 18.9 Å². The molecule has 36 heavy (non-hydrogen) atoms. The molecule has 0 fully saturated rings. The minimum Gasteiger partial charge on any atom is -0.497 e. The van der Waals surface area contributed by atoms with E-state index in [9.17, 15) is 0 Å². The molecule has 5 aromatic rings. The molecule has 3 aromatic carbocycles. The number of aromatic nitrogens is 3. The van der Waals surface area contributed by atoms with Gasteiger partial charge in [-0.2, -0.15) is 0 Å². The van der Waals surface area contributed by atoms with Gasteiger partial charge in [-0.1, -0.05) is 18.2 Å². The molecule has 0 aliphatic carbocycles. The van der Waals surface area contributed by atoms with Crippen LogP contribution in [0.4, 0.5) is 0 Å². The molecule has 2 aromatic heterocycles. The molecular formula is C29H27N3O4. The van der Waals surface area contributed by atoms with E-state index in [1.54, 1.807) is 40.8 Å². The SMILES string of the molecule is COc1cccc(-c2c(-c3cc(OC)cc(OC)c3)n(C)c3ccc(-c4cnc(OC)nc4)cc23)c1. The number of hydrogen-bond donors (Lipinski definition) is 0. The van der Waals surface area contributed by atoms with Crippen LogP contribution in [0.25, 0.3) is 44.4 Å². The molecule has 0 N–H and O–H groups in total. The van der Waals surface area contributed by atoms with Gasteiger partial charge in [0.15, 0.2) is 0 Å². The van der Waals surface area contributed by atoms with Crippen molar-refractivity contribution in [3.8, 4) is 56.8 Å². The normalized spacial score (nSPS) is 10.9. The summed E-state index contributed by atoms with van der Waals surface area (Å²) in [5, 5.41) is 1.09. The van der Waals surface area contributed by atoms with Gasteiger partial charge in [0, 0.05) is 53.1 Å². The molecule has 0 aliphatic heterocycles. The summed E-state index contributed by atoms with van der Waals surface area (Å²) in [7, 11) is 8.63. The molecule has 0 spiro atoms. The first-order valence-corrected chi connectivity index (χ1v) is 11.4. The number of ether oxygens (including phenoxy) is 4.